The van der Waals surface area contributed by atoms with E-state index in [-0.39, 0.29) is 12.0 Å². The molecule has 2 rings (SSSR count). The van der Waals surface area contributed by atoms with Crippen molar-refractivity contribution < 1.29 is 9.53 Å². The van der Waals surface area contributed by atoms with Gasteiger partial charge in [-0.05, 0) is 38.3 Å². The quantitative estimate of drug-likeness (QED) is 0.763. The smallest absolute Gasteiger partial charge is 0.271 e. The lowest BCUT2D eigenvalue weighted by molar-refractivity contribution is 0.0946. The largest absolute Gasteiger partial charge is 0.489 e. The van der Waals surface area contributed by atoms with Crippen LogP contribution in [0.4, 0.5) is 11.5 Å². The molecule has 0 bridgehead atoms. The second-order valence-corrected chi connectivity index (χ2v) is 6.51. The highest BCUT2D eigenvalue weighted by molar-refractivity contribution is 5.92. The van der Waals surface area contributed by atoms with Crippen molar-refractivity contribution >= 4 is 17.4 Å². The second kappa shape index (κ2) is 9.01. The van der Waals surface area contributed by atoms with E-state index in [0.29, 0.717) is 24.0 Å². The maximum atomic E-state index is 12.0. The van der Waals surface area contributed by atoms with Crippen molar-refractivity contribution in [1.29, 1.82) is 0 Å². The first-order valence-corrected chi connectivity index (χ1v) is 8.58. The van der Waals surface area contributed by atoms with Crippen molar-refractivity contribution in [3.63, 3.8) is 0 Å². The fraction of sp³-hybridized carbons (Fsp3) is 0.421. The number of rotatable bonds is 8. The molecule has 134 valence electrons. The normalized spacial score (nSPS) is 10.8. The van der Waals surface area contributed by atoms with Gasteiger partial charge in [0, 0.05) is 6.54 Å². The Labute approximate surface area is 149 Å². The second-order valence-electron chi connectivity index (χ2n) is 6.51. The summed E-state index contributed by atoms with van der Waals surface area (Å²) < 4.78 is 5.77. The zero-order chi connectivity index (χ0) is 18.2. The third-order valence-electron chi connectivity index (χ3n) is 3.40. The first kappa shape index (κ1) is 18.7. The van der Waals surface area contributed by atoms with Crippen molar-refractivity contribution in [2.24, 2.45) is 5.92 Å². The number of anilines is 2. The lowest BCUT2D eigenvalue weighted by atomic mass is 10.1. The van der Waals surface area contributed by atoms with Gasteiger partial charge in [0.05, 0.1) is 24.2 Å². The van der Waals surface area contributed by atoms with Gasteiger partial charge in [-0.3, -0.25) is 4.79 Å². The predicted molar refractivity (Wildman–Crippen MR) is 99.3 cm³/mol. The molecule has 0 aliphatic carbocycles. The summed E-state index contributed by atoms with van der Waals surface area (Å²) in [5.41, 5.74) is 1.11. The Kier molecular flexibility index (Phi) is 6.74. The highest BCUT2D eigenvalue weighted by atomic mass is 16.5. The molecule has 6 nitrogen and oxygen atoms in total. The average molecular weight is 342 g/mol. The molecule has 2 aromatic rings. The molecule has 1 amide bonds. The molecule has 1 aromatic carbocycles. The summed E-state index contributed by atoms with van der Waals surface area (Å²) in [4.78, 5) is 20.5. The van der Waals surface area contributed by atoms with E-state index < -0.39 is 0 Å². The SMILES string of the molecule is CC(C)CCNC(=O)c1cnc(Nc2ccccc2OC(C)C)cn1. The topological polar surface area (TPSA) is 76.1 Å². The number of hydrogen-bond acceptors (Lipinski definition) is 5. The van der Waals surface area contributed by atoms with E-state index >= 15 is 0 Å². The Balaban J connectivity index is 2.00. The summed E-state index contributed by atoms with van der Waals surface area (Å²) >= 11 is 0. The summed E-state index contributed by atoms with van der Waals surface area (Å²) in [6.07, 6.45) is 4.03. The molecule has 1 heterocycles. The fourth-order valence-electron chi connectivity index (χ4n) is 2.14. The molecular weight excluding hydrogens is 316 g/mol. The number of nitrogens with zero attached hydrogens (tertiary/aromatic N) is 2. The number of hydrogen-bond donors (Lipinski definition) is 2. The minimum absolute atomic E-state index is 0.0749. The number of aromatic nitrogens is 2. The van der Waals surface area contributed by atoms with Crippen LogP contribution in [0.25, 0.3) is 0 Å². The maximum absolute atomic E-state index is 12.0. The van der Waals surface area contributed by atoms with Crippen LogP contribution in [0.5, 0.6) is 5.75 Å². The molecule has 0 aliphatic heterocycles. The minimum atomic E-state index is -0.205. The lowest BCUT2D eigenvalue weighted by Gasteiger charge is -2.15. The Morgan fingerprint density at radius 3 is 2.52 bits per heavy atom. The van der Waals surface area contributed by atoms with Crippen molar-refractivity contribution in [3.8, 4) is 5.75 Å². The molecule has 1 aromatic heterocycles. The van der Waals surface area contributed by atoms with Crippen LogP contribution >= 0.6 is 0 Å². The van der Waals surface area contributed by atoms with Gasteiger partial charge < -0.3 is 15.4 Å². The van der Waals surface area contributed by atoms with E-state index in [1.165, 1.54) is 6.20 Å². The Hall–Kier alpha value is -2.63. The van der Waals surface area contributed by atoms with Crippen LogP contribution in [-0.4, -0.2) is 28.5 Å². The van der Waals surface area contributed by atoms with Crippen LogP contribution in [-0.2, 0) is 0 Å². The van der Waals surface area contributed by atoms with Gasteiger partial charge in [0.25, 0.3) is 5.91 Å². The summed E-state index contributed by atoms with van der Waals surface area (Å²) in [5.74, 6) is 1.64. The molecule has 0 unspecified atom stereocenters. The lowest BCUT2D eigenvalue weighted by Crippen LogP contribution is -2.26. The monoisotopic (exact) mass is 342 g/mol. The molecule has 0 atom stereocenters. The van der Waals surface area contributed by atoms with Crippen LogP contribution in [0.2, 0.25) is 0 Å². The van der Waals surface area contributed by atoms with Gasteiger partial charge in [0.2, 0.25) is 0 Å². The molecule has 2 N–H and O–H groups in total. The van der Waals surface area contributed by atoms with Crippen molar-refractivity contribution in [2.75, 3.05) is 11.9 Å². The van der Waals surface area contributed by atoms with Gasteiger partial charge >= 0.3 is 0 Å². The van der Waals surface area contributed by atoms with Gasteiger partial charge in [0.15, 0.2) is 0 Å². The van der Waals surface area contributed by atoms with Gasteiger partial charge in [0.1, 0.15) is 17.3 Å². The number of ether oxygens (including phenoxy) is 1. The Morgan fingerprint density at radius 2 is 1.88 bits per heavy atom. The standard InChI is InChI=1S/C19H26N4O2/c1-13(2)9-10-20-19(24)16-11-22-18(12-21-16)23-15-7-5-6-8-17(15)25-14(3)4/h5-8,11-14H,9-10H2,1-4H3,(H,20,24)(H,22,23). The van der Waals surface area contributed by atoms with Crippen LogP contribution < -0.4 is 15.4 Å². The van der Waals surface area contributed by atoms with Crippen LogP contribution in [0, 0.1) is 5.92 Å². The maximum Gasteiger partial charge on any atom is 0.271 e. The number of carbonyl (C=O) groups is 1. The molecule has 0 saturated heterocycles. The first-order chi connectivity index (χ1) is 12.0. The summed E-state index contributed by atoms with van der Waals surface area (Å²) in [6.45, 7) is 8.82. The zero-order valence-electron chi connectivity index (χ0n) is 15.2. The fourth-order valence-corrected chi connectivity index (χ4v) is 2.14. The van der Waals surface area contributed by atoms with Crippen molar-refractivity contribution in [2.45, 2.75) is 40.2 Å². The van der Waals surface area contributed by atoms with Gasteiger partial charge in [-0.1, -0.05) is 26.0 Å². The molecule has 0 aliphatic rings. The average Bonchev–Trinajstić information content (AvgIpc) is 2.56. The number of para-hydroxylation sites is 2. The van der Waals surface area contributed by atoms with Gasteiger partial charge in [-0.25, -0.2) is 9.97 Å². The van der Waals surface area contributed by atoms with Crippen molar-refractivity contribution in [1.82, 2.24) is 15.3 Å². The number of carbonyl (C=O) groups excluding carboxylic acids is 1. The molecule has 25 heavy (non-hydrogen) atoms. The molecule has 6 heteroatoms. The van der Waals surface area contributed by atoms with E-state index in [2.05, 4.69) is 34.4 Å². The highest BCUT2D eigenvalue weighted by Gasteiger charge is 2.09. The summed E-state index contributed by atoms with van der Waals surface area (Å²) in [5, 5.41) is 6.02. The summed E-state index contributed by atoms with van der Waals surface area (Å²) in [7, 11) is 0. The Bertz CT molecular complexity index is 684. The van der Waals surface area contributed by atoms with E-state index in [1.54, 1.807) is 6.20 Å². The molecule has 0 saturated carbocycles. The van der Waals surface area contributed by atoms with Crippen LogP contribution in [0.15, 0.2) is 36.7 Å². The third kappa shape index (κ3) is 6.06. The molecule has 0 fully saturated rings. The van der Waals surface area contributed by atoms with E-state index in [0.717, 1.165) is 17.9 Å². The number of amides is 1. The molecular formula is C19H26N4O2. The van der Waals surface area contributed by atoms with Crippen molar-refractivity contribution in [3.05, 3.63) is 42.4 Å². The number of benzene rings is 1. The first-order valence-electron chi connectivity index (χ1n) is 8.58. The summed E-state index contributed by atoms with van der Waals surface area (Å²) in [6, 6.07) is 7.64. The molecule has 0 radical (unpaired) electrons. The van der Waals surface area contributed by atoms with E-state index in [1.807, 2.05) is 38.1 Å². The molecule has 0 spiro atoms. The van der Waals surface area contributed by atoms with E-state index in [9.17, 15) is 4.79 Å². The van der Waals surface area contributed by atoms with Gasteiger partial charge in [-0.2, -0.15) is 0 Å². The van der Waals surface area contributed by atoms with E-state index in [4.69, 9.17) is 4.74 Å². The highest BCUT2D eigenvalue weighted by Crippen LogP contribution is 2.27. The Morgan fingerprint density at radius 1 is 1.12 bits per heavy atom. The van der Waals surface area contributed by atoms with Crippen LogP contribution in [0.1, 0.15) is 44.6 Å². The predicted octanol–water partition coefficient (Wildman–Crippen LogP) is 3.78. The number of nitrogens with one attached hydrogen (secondary N) is 2. The minimum Gasteiger partial charge on any atom is -0.489 e. The zero-order valence-corrected chi connectivity index (χ0v) is 15.2. The van der Waals surface area contributed by atoms with Gasteiger partial charge in [-0.15, -0.1) is 0 Å². The third-order valence-corrected chi connectivity index (χ3v) is 3.40. The van der Waals surface area contributed by atoms with Crippen LogP contribution in [0.3, 0.4) is 0 Å².